The summed E-state index contributed by atoms with van der Waals surface area (Å²) >= 11 is 0. The van der Waals surface area contributed by atoms with Crippen molar-refractivity contribution in [2.75, 3.05) is 29.9 Å². The first-order valence-electron chi connectivity index (χ1n) is 8.81. The standard InChI is InChI=1S/C19H25N3O3/c1-14-4-5-16(25-14)6-7-18(24)21-17-3-2-10-20-19(17)22-11-8-15(13-23)9-12-22/h2-5,10,15,23H,6-9,11-13H2,1H3,(H,21,24). The maximum absolute atomic E-state index is 12.3. The van der Waals surface area contributed by atoms with Gasteiger partial charge in [-0.05, 0) is 49.9 Å². The van der Waals surface area contributed by atoms with Crippen LogP contribution in [-0.2, 0) is 11.2 Å². The molecule has 2 aromatic rings. The number of nitrogens with one attached hydrogen (secondary N) is 1. The number of rotatable bonds is 6. The zero-order valence-corrected chi connectivity index (χ0v) is 14.6. The van der Waals surface area contributed by atoms with Crippen LogP contribution >= 0.6 is 0 Å². The molecule has 6 nitrogen and oxygen atoms in total. The van der Waals surface area contributed by atoms with Crippen molar-refractivity contribution in [3.63, 3.8) is 0 Å². The van der Waals surface area contributed by atoms with Crippen LogP contribution in [0, 0.1) is 12.8 Å². The monoisotopic (exact) mass is 343 g/mol. The second kappa shape index (κ2) is 8.16. The fraction of sp³-hybridized carbons (Fsp3) is 0.474. The van der Waals surface area contributed by atoms with Gasteiger partial charge in [-0.25, -0.2) is 4.98 Å². The van der Waals surface area contributed by atoms with E-state index in [0.717, 1.165) is 49.0 Å². The number of pyridine rings is 1. The lowest BCUT2D eigenvalue weighted by Crippen LogP contribution is -2.35. The zero-order chi connectivity index (χ0) is 17.6. The number of furan rings is 1. The van der Waals surface area contributed by atoms with Crippen molar-refractivity contribution in [2.24, 2.45) is 5.92 Å². The van der Waals surface area contributed by atoms with Crippen molar-refractivity contribution in [1.82, 2.24) is 4.98 Å². The summed E-state index contributed by atoms with van der Waals surface area (Å²) in [4.78, 5) is 18.9. The van der Waals surface area contributed by atoms with Crippen molar-refractivity contribution in [3.05, 3.63) is 42.0 Å². The van der Waals surface area contributed by atoms with Crippen molar-refractivity contribution in [3.8, 4) is 0 Å². The maximum Gasteiger partial charge on any atom is 0.224 e. The fourth-order valence-corrected chi connectivity index (χ4v) is 3.14. The number of piperidine rings is 1. The second-order valence-corrected chi connectivity index (χ2v) is 6.55. The van der Waals surface area contributed by atoms with Gasteiger partial charge < -0.3 is 19.7 Å². The van der Waals surface area contributed by atoms with Crippen molar-refractivity contribution < 1.29 is 14.3 Å². The Kier molecular flexibility index (Phi) is 5.71. The minimum Gasteiger partial charge on any atom is -0.466 e. The van der Waals surface area contributed by atoms with Crippen molar-refractivity contribution >= 4 is 17.4 Å². The molecule has 1 aliphatic heterocycles. The fourth-order valence-electron chi connectivity index (χ4n) is 3.14. The van der Waals surface area contributed by atoms with Crippen LogP contribution in [0.2, 0.25) is 0 Å². The highest BCUT2D eigenvalue weighted by Crippen LogP contribution is 2.27. The van der Waals surface area contributed by atoms with E-state index in [-0.39, 0.29) is 12.5 Å². The Hall–Kier alpha value is -2.34. The van der Waals surface area contributed by atoms with Crippen LogP contribution < -0.4 is 10.2 Å². The molecule has 0 bridgehead atoms. The normalized spacial score (nSPS) is 15.4. The second-order valence-electron chi connectivity index (χ2n) is 6.55. The van der Waals surface area contributed by atoms with E-state index in [1.54, 1.807) is 6.20 Å². The third-order valence-corrected chi connectivity index (χ3v) is 4.63. The molecule has 1 amide bonds. The molecule has 0 unspecified atom stereocenters. The smallest absolute Gasteiger partial charge is 0.224 e. The van der Waals surface area contributed by atoms with Crippen LogP contribution in [0.5, 0.6) is 0 Å². The number of hydrogen-bond donors (Lipinski definition) is 2. The van der Waals surface area contributed by atoms with Crippen LogP contribution in [-0.4, -0.2) is 35.7 Å². The van der Waals surface area contributed by atoms with Gasteiger partial charge in [-0.15, -0.1) is 0 Å². The summed E-state index contributed by atoms with van der Waals surface area (Å²) < 4.78 is 5.50. The molecular weight excluding hydrogens is 318 g/mol. The first-order chi connectivity index (χ1) is 12.2. The topological polar surface area (TPSA) is 78.6 Å². The summed E-state index contributed by atoms with van der Waals surface area (Å²) in [7, 11) is 0. The molecule has 0 spiro atoms. The van der Waals surface area contributed by atoms with E-state index in [1.165, 1.54) is 0 Å². The summed E-state index contributed by atoms with van der Waals surface area (Å²) in [6, 6.07) is 7.52. The Balaban J connectivity index is 1.59. The third-order valence-electron chi connectivity index (χ3n) is 4.63. The van der Waals surface area contributed by atoms with Crippen LogP contribution in [0.15, 0.2) is 34.9 Å². The number of carbonyl (C=O) groups is 1. The lowest BCUT2D eigenvalue weighted by atomic mass is 9.98. The van der Waals surface area contributed by atoms with Crippen LogP contribution in [0.1, 0.15) is 30.8 Å². The lowest BCUT2D eigenvalue weighted by Gasteiger charge is -2.33. The van der Waals surface area contributed by atoms with Crippen LogP contribution in [0.4, 0.5) is 11.5 Å². The number of aliphatic hydroxyl groups excluding tert-OH is 1. The minimum atomic E-state index is -0.0476. The first kappa shape index (κ1) is 17.5. The largest absolute Gasteiger partial charge is 0.466 e. The Bertz CT molecular complexity index is 705. The molecule has 2 N–H and O–H groups in total. The minimum absolute atomic E-state index is 0.0476. The highest BCUT2D eigenvalue weighted by atomic mass is 16.3. The lowest BCUT2D eigenvalue weighted by molar-refractivity contribution is -0.116. The van der Waals surface area contributed by atoms with Gasteiger partial charge >= 0.3 is 0 Å². The zero-order valence-electron chi connectivity index (χ0n) is 14.6. The molecule has 0 saturated carbocycles. The maximum atomic E-state index is 12.3. The summed E-state index contributed by atoms with van der Waals surface area (Å²) in [5, 5.41) is 12.3. The molecule has 1 aliphatic rings. The van der Waals surface area contributed by atoms with Gasteiger partial charge in [-0.3, -0.25) is 4.79 Å². The summed E-state index contributed by atoms with van der Waals surface area (Å²) in [5.41, 5.74) is 0.741. The Morgan fingerprint density at radius 1 is 1.36 bits per heavy atom. The molecule has 2 aromatic heterocycles. The van der Waals surface area contributed by atoms with Gasteiger partial charge in [-0.1, -0.05) is 0 Å². The van der Waals surface area contributed by atoms with Gasteiger partial charge in [0.15, 0.2) is 5.82 Å². The number of anilines is 2. The number of aryl methyl sites for hydroxylation is 2. The van der Waals surface area contributed by atoms with Crippen molar-refractivity contribution in [1.29, 1.82) is 0 Å². The number of carbonyl (C=O) groups excluding carboxylic acids is 1. The van der Waals surface area contributed by atoms with Gasteiger partial charge in [0.25, 0.3) is 0 Å². The molecule has 25 heavy (non-hydrogen) atoms. The van der Waals surface area contributed by atoms with Gasteiger partial charge in [0, 0.05) is 38.7 Å². The van der Waals surface area contributed by atoms with E-state index >= 15 is 0 Å². The molecule has 0 radical (unpaired) electrons. The van der Waals surface area contributed by atoms with Gasteiger partial charge in [0.1, 0.15) is 11.5 Å². The molecule has 134 valence electrons. The van der Waals surface area contributed by atoms with Crippen LogP contribution in [0.25, 0.3) is 0 Å². The van der Waals surface area contributed by atoms with Gasteiger partial charge in [-0.2, -0.15) is 0 Å². The predicted molar refractivity (Wildman–Crippen MR) is 96.7 cm³/mol. The third kappa shape index (κ3) is 4.60. The summed E-state index contributed by atoms with van der Waals surface area (Å²) in [5.74, 6) is 2.81. The van der Waals surface area contributed by atoms with E-state index in [2.05, 4.69) is 15.2 Å². The molecule has 0 aliphatic carbocycles. The molecule has 3 heterocycles. The van der Waals surface area contributed by atoms with Crippen LogP contribution in [0.3, 0.4) is 0 Å². The molecule has 0 atom stereocenters. The van der Waals surface area contributed by atoms with E-state index < -0.39 is 0 Å². The number of amides is 1. The van der Waals surface area contributed by atoms with E-state index in [1.807, 2.05) is 31.2 Å². The van der Waals surface area contributed by atoms with Crippen molar-refractivity contribution in [2.45, 2.75) is 32.6 Å². The Morgan fingerprint density at radius 3 is 2.84 bits per heavy atom. The molecule has 1 saturated heterocycles. The SMILES string of the molecule is Cc1ccc(CCC(=O)Nc2cccnc2N2CCC(CO)CC2)o1. The van der Waals surface area contributed by atoms with E-state index in [0.29, 0.717) is 18.8 Å². The highest BCUT2D eigenvalue weighted by molar-refractivity contribution is 5.93. The average Bonchev–Trinajstić information content (AvgIpc) is 3.06. The van der Waals surface area contributed by atoms with Gasteiger partial charge in [0.05, 0.1) is 5.69 Å². The summed E-state index contributed by atoms with van der Waals surface area (Å²) in [6.45, 7) is 3.82. The number of nitrogens with zero attached hydrogens (tertiary/aromatic N) is 2. The molecule has 3 rings (SSSR count). The number of aliphatic hydroxyl groups is 1. The van der Waals surface area contributed by atoms with E-state index in [9.17, 15) is 9.90 Å². The average molecular weight is 343 g/mol. The molecule has 1 fully saturated rings. The highest BCUT2D eigenvalue weighted by Gasteiger charge is 2.21. The van der Waals surface area contributed by atoms with E-state index in [4.69, 9.17) is 4.42 Å². The predicted octanol–water partition coefficient (Wildman–Crippen LogP) is 2.76. The molecule has 6 heteroatoms. The Labute approximate surface area is 147 Å². The molecule has 0 aromatic carbocycles. The quantitative estimate of drug-likeness (QED) is 0.843. The van der Waals surface area contributed by atoms with Gasteiger partial charge in [0.2, 0.25) is 5.91 Å². The number of aromatic nitrogens is 1. The first-order valence-corrected chi connectivity index (χ1v) is 8.81. The number of hydrogen-bond acceptors (Lipinski definition) is 5. The Morgan fingerprint density at radius 2 is 2.16 bits per heavy atom. The summed E-state index contributed by atoms with van der Waals surface area (Å²) in [6.07, 6.45) is 4.58. The molecular formula is C19H25N3O3.